The summed E-state index contributed by atoms with van der Waals surface area (Å²) in [5.74, 6) is 0.168. The van der Waals surface area contributed by atoms with Crippen molar-refractivity contribution in [1.29, 1.82) is 0 Å². The number of aryl methyl sites for hydroxylation is 1. The largest absolute Gasteiger partial charge is 0.434 e. The van der Waals surface area contributed by atoms with Crippen molar-refractivity contribution in [3.63, 3.8) is 0 Å². The normalized spacial score (nSPS) is 11.4. The second-order valence-corrected chi connectivity index (χ2v) is 8.14. The van der Waals surface area contributed by atoms with Gasteiger partial charge in [-0.1, -0.05) is 67.4 Å². The number of hydrogen-bond donors (Lipinski definition) is 0. The molecule has 0 spiro atoms. The lowest BCUT2D eigenvalue weighted by Crippen LogP contribution is -2.07. The summed E-state index contributed by atoms with van der Waals surface area (Å²) in [5.41, 5.74) is 4.58. The zero-order valence-corrected chi connectivity index (χ0v) is 17.8. The third-order valence-electron chi connectivity index (χ3n) is 4.96. The van der Waals surface area contributed by atoms with E-state index in [1.165, 1.54) is 0 Å². The zero-order valence-electron chi connectivity index (χ0n) is 16.3. The van der Waals surface area contributed by atoms with E-state index >= 15 is 0 Å². The highest BCUT2D eigenvalue weighted by molar-refractivity contribution is 6.33. The number of benzene rings is 2. The molecule has 0 fully saturated rings. The van der Waals surface area contributed by atoms with Crippen LogP contribution in [0.25, 0.3) is 33.5 Å². The number of hydrogen-bond acceptors (Lipinski definition) is 3. The van der Waals surface area contributed by atoms with Crippen molar-refractivity contribution in [3.8, 4) is 22.4 Å². The van der Waals surface area contributed by atoms with Gasteiger partial charge in [-0.05, 0) is 36.8 Å². The first-order chi connectivity index (χ1) is 13.9. The summed E-state index contributed by atoms with van der Waals surface area (Å²) < 4.78 is 5.91. The molecular weight excluding hydrogens is 405 g/mol. The van der Waals surface area contributed by atoms with E-state index in [1.54, 1.807) is 0 Å². The smallest absolute Gasteiger partial charge is 0.227 e. The molecule has 2 heterocycles. The highest BCUT2D eigenvalue weighted by Crippen LogP contribution is 2.39. The van der Waals surface area contributed by atoms with E-state index in [-0.39, 0.29) is 11.7 Å². The number of halogens is 2. The summed E-state index contributed by atoms with van der Waals surface area (Å²) in [7, 11) is 0. The van der Waals surface area contributed by atoms with Crippen molar-refractivity contribution in [1.82, 2.24) is 4.98 Å². The maximum absolute atomic E-state index is 12.6. The Morgan fingerprint density at radius 1 is 1.00 bits per heavy atom. The maximum Gasteiger partial charge on any atom is 0.227 e. The number of fused-ring (bicyclic) bond motifs is 1. The van der Waals surface area contributed by atoms with Gasteiger partial charge in [-0.3, -0.25) is 4.79 Å². The van der Waals surface area contributed by atoms with Gasteiger partial charge < -0.3 is 4.42 Å². The van der Waals surface area contributed by atoms with E-state index in [0.29, 0.717) is 27.2 Å². The lowest BCUT2D eigenvalue weighted by atomic mass is 9.97. The molecule has 5 heteroatoms. The molecule has 0 radical (unpaired) electrons. The van der Waals surface area contributed by atoms with Gasteiger partial charge in [0, 0.05) is 38.0 Å². The third kappa shape index (κ3) is 3.57. The van der Waals surface area contributed by atoms with Gasteiger partial charge in [0.25, 0.3) is 0 Å². The number of Topliss-reactive ketones (excluding diaryl/α,β-unsaturated/α-hetero) is 1. The molecule has 4 rings (SSSR count). The molecule has 0 amide bonds. The lowest BCUT2D eigenvalue weighted by molar-refractivity contribution is 0.0912. The zero-order chi connectivity index (χ0) is 20.7. The fraction of sp³-hybridized carbons (Fsp3) is 0.167. The molecule has 2 aromatic heterocycles. The molecule has 0 bridgehead atoms. The summed E-state index contributed by atoms with van der Waals surface area (Å²) in [4.78, 5) is 17.4. The summed E-state index contributed by atoms with van der Waals surface area (Å²) >= 11 is 12.6. The molecule has 0 aliphatic rings. The molecule has 3 nitrogen and oxygen atoms in total. The highest BCUT2D eigenvalue weighted by Gasteiger charge is 2.23. The van der Waals surface area contributed by atoms with Gasteiger partial charge in [-0.25, -0.2) is 4.98 Å². The van der Waals surface area contributed by atoms with Crippen molar-refractivity contribution in [2.45, 2.75) is 20.8 Å². The fourth-order valence-corrected chi connectivity index (χ4v) is 3.69. The summed E-state index contributed by atoms with van der Waals surface area (Å²) in [6.45, 7) is 5.61. The molecule has 4 aromatic rings. The number of furan rings is 1. The Bertz CT molecular complexity index is 1220. The molecule has 0 unspecified atom stereocenters. The standard InChI is InChI=1S/C24H19Cl2NO2/c1-13(2)22(28)23-14(3)18-12-19(15-8-10-16(25)11-9-15)21(27-24(18)29-23)17-6-4-5-7-20(17)26/h4-13H,1-3H3. The fourth-order valence-electron chi connectivity index (χ4n) is 3.34. The first-order valence-corrected chi connectivity index (χ1v) is 10.1. The second-order valence-electron chi connectivity index (χ2n) is 7.30. The molecule has 0 N–H and O–H groups in total. The number of rotatable bonds is 4. The molecule has 0 atom stereocenters. The Hall–Kier alpha value is -2.62. The van der Waals surface area contributed by atoms with Crippen LogP contribution in [0.5, 0.6) is 0 Å². The summed E-state index contributed by atoms with van der Waals surface area (Å²) in [6.07, 6.45) is 0. The van der Waals surface area contributed by atoms with Gasteiger partial charge in [-0.15, -0.1) is 0 Å². The minimum Gasteiger partial charge on any atom is -0.434 e. The first kappa shape index (κ1) is 19.7. The van der Waals surface area contributed by atoms with Crippen LogP contribution in [0.4, 0.5) is 0 Å². The van der Waals surface area contributed by atoms with Gasteiger partial charge in [-0.2, -0.15) is 0 Å². The predicted octanol–water partition coefficient (Wildman–Crippen LogP) is 7.62. The van der Waals surface area contributed by atoms with Crippen LogP contribution in [-0.2, 0) is 0 Å². The minimum atomic E-state index is -0.159. The highest BCUT2D eigenvalue weighted by atomic mass is 35.5. The van der Waals surface area contributed by atoms with Gasteiger partial charge in [0.15, 0.2) is 5.76 Å². The molecule has 2 aromatic carbocycles. The van der Waals surface area contributed by atoms with Crippen LogP contribution in [0.1, 0.15) is 30.0 Å². The Morgan fingerprint density at radius 2 is 1.69 bits per heavy atom. The van der Waals surface area contributed by atoms with Gasteiger partial charge in [0.2, 0.25) is 11.5 Å². The first-order valence-electron chi connectivity index (χ1n) is 9.36. The van der Waals surface area contributed by atoms with Gasteiger partial charge >= 0.3 is 0 Å². The molecule has 0 aliphatic carbocycles. The molecular formula is C24H19Cl2NO2. The molecule has 0 aliphatic heterocycles. The minimum absolute atomic E-state index is 0.0344. The van der Waals surface area contributed by atoms with E-state index in [0.717, 1.165) is 27.6 Å². The van der Waals surface area contributed by atoms with E-state index in [4.69, 9.17) is 32.6 Å². The third-order valence-corrected chi connectivity index (χ3v) is 5.54. The van der Waals surface area contributed by atoms with Crippen LogP contribution in [0.2, 0.25) is 10.0 Å². The Morgan fingerprint density at radius 3 is 2.34 bits per heavy atom. The SMILES string of the molecule is Cc1c(C(=O)C(C)C)oc2nc(-c3ccccc3Cl)c(-c3ccc(Cl)cc3)cc12. The Labute approximate surface area is 179 Å². The topological polar surface area (TPSA) is 43.1 Å². The second kappa shape index (κ2) is 7.66. The van der Waals surface area contributed by atoms with E-state index in [2.05, 4.69) is 0 Å². The van der Waals surface area contributed by atoms with E-state index < -0.39 is 0 Å². The summed E-state index contributed by atoms with van der Waals surface area (Å²) in [5, 5.41) is 2.07. The van der Waals surface area contributed by atoms with Crippen molar-refractivity contribution >= 4 is 40.1 Å². The van der Waals surface area contributed by atoms with Crippen LogP contribution in [-0.4, -0.2) is 10.8 Å². The van der Waals surface area contributed by atoms with Crippen molar-refractivity contribution < 1.29 is 9.21 Å². The lowest BCUT2D eigenvalue weighted by Gasteiger charge is -2.11. The average molecular weight is 424 g/mol. The van der Waals surface area contributed by atoms with Crippen LogP contribution in [0, 0.1) is 12.8 Å². The van der Waals surface area contributed by atoms with Crippen molar-refractivity contribution in [2.75, 3.05) is 0 Å². The van der Waals surface area contributed by atoms with Crippen LogP contribution < -0.4 is 0 Å². The van der Waals surface area contributed by atoms with Crippen LogP contribution >= 0.6 is 23.2 Å². The molecule has 29 heavy (non-hydrogen) atoms. The number of carbonyl (C=O) groups is 1. The Kier molecular flexibility index (Phi) is 5.20. The van der Waals surface area contributed by atoms with E-state index in [9.17, 15) is 4.79 Å². The molecule has 0 saturated heterocycles. The van der Waals surface area contributed by atoms with Crippen LogP contribution in [0.3, 0.4) is 0 Å². The number of nitrogens with zero attached hydrogens (tertiary/aromatic N) is 1. The van der Waals surface area contributed by atoms with Gasteiger partial charge in [0.1, 0.15) is 0 Å². The predicted molar refractivity (Wildman–Crippen MR) is 119 cm³/mol. The van der Waals surface area contributed by atoms with Crippen molar-refractivity contribution in [2.24, 2.45) is 5.92 Å². The monoisotopic (exact) mass is 423 g/mol. The Balaban J connectivity index is 2.03. The number of pyridine rings is 1. The maximum atomic E-state index is 12.6. The van der Waals surface area contributed by atoms with Gasteiger partial charge in [0.05, 0.1) is 5.69 Å². The number of carbonyl (C=O) groups excluding carboxylic acids is 1. The van der Waals surface area contributed by atoms with Crippen molar-refractivity contribution in [3.05, 3.63) is 76.0 Å². The average Bonchev–Trinajstić information content (AvgIpc) is 3.03. The quantitative estimate of drug-likeness (QED) is 0.317. The van der Waals surface area contributed by atoms with E-state index in [1.807, 2.05) is 75.4 Å². The molecule has 146 valence electrons. The molecule has 0 saturated carbocycles. The van der Waals surface area contributed by atoms with Crippen LogP contribution in [0.15, 0.2) is 59.0 Å². The summed E-state index contributed by atoms with van der Waals surface area (Å²) in [6, 6.07) is 17.1. The number of ketones is 1. The number of aromatic nitrogens is 1.